The summed E-state index contributed by atoms with van der Waals surface area (Å²) >= 11 is 5.90. The zero-order chi connectivity index (χ0) is 13.1. The molecule has 0 atom stereocenters. The van der Waals surface area contributed by atoms with Gasteiger partial charge < -0.3 is 16.0 Å². The number of carbonyl (C=O) groups excluding carboxylic acids is 1. The topological polar surface area (TPSA) is 71.2 Å². The van der Waals surface area contributed by atoms with Gasteiger partial charge in [0.25, 0.3) is 5.91 Å². The van der Waals surface area contributed by atoms with Crippen molar-refractivity contribution >= 4 is 23.2 Å². The third-order valence-electron chi connectivity index (χ3n) is 3.16. The Morgan fingerprint density at radius 3 is 2.89 bits per heavy atom. The van der Waals surface area contributed by atoms with E-state index in [-0.39, 0.29) is 17.1 Å². The first-order chi connectivity index (χ1) is 8.56. The second-order valence-corrected chi connectivity index (χ2v) is 5.02. The van der Waals surface area contributed by atoms with Gasteiger partial charge in [0.2, 0.25) is 0 Å². The number of piperidine rings is 1. The fraction of sp³-hybridized carbons (Fsp3) is 0.500. The fourth-order valence-corrected chi connectivity index (χ4v) is 2.23. The lowest BCUT2D eigenvalue weighted by Crippen LogP contribution is -2.43. The second-order valence-electron chi connectivity index (χ2n) is 4.66. The Morgan fingerprint density at radius 1 is 1.56 bits per heavy atom. The number of carbonyl (C=O) groups is 1. The standard InChI is InChI=1S/C12H17ClN4O/c1-17-4-2-9(3-5-17)16-12(18)10-6-8(14)7-15-11(10)13/h6-7,9H,2-5,14H2,1H3,(H,16,18). The zero-order valence-electron chi connectivity index (χ0n) is 10.3. The fourth-order valence-electron chi connectivity index (χ4n) is 2.04. The van der Waals surface area contributed by atoms with Crippen LogP contribution in [0.1, 0.15) is 23.2 Å². The largest absolute Gasteiger partial charge is 0.397 e. The SMILES string of the molecule is CN1CCC(NC(=O)c2cc(N)cnc2Cl)CC1. The molecule has 0 spiro atoms. The van der Waals surface area contributed by atoms with Crippen molar-refractivity contribution in [2.24, 2.45) is 0 Å². The molecule has 1 aliphatic heterocycles. The van der Waals surface area contributed by atoms with E-state index in [9.17, 15) is 4.79 Å². The molecule has 1 amide bonds. The monoisotopic (exact) mass is 268 g/mol. The molecule has 18 heavy (non-hydrogen) atoms. The highest BCUT2D eigenvalue weighted by Crippen LogP contribution is 2.16. The number of nitrogens with one attached hydrogen (secondary N) is 1. The maximum Gasteiger partial charge on any atom is 0.254 e. The van der Waals surface area contributed by atoms with Gasteiger partial charge in [-0.15, -0.1) is 0 Å². The van der Waals surface area contributed by atoms with Crippen LogP contribution in [0.3, 0.4) is 0 Å². The van der Waals surface area contributed by atoms with E-state index < -0.39 is 0 Å². The van der Waals surface area contributed by atoms with Crippen molar-refractivity contribution in [2.75, 3.05) is 25.9 Å². The summed E-state index contributed by atoms with van der Waals surface area (Å²) in [6, 6.07) is 1.76. The minimum Gasteiger partial charge on any atom is -0.397 e. The van der Waals surface area contributed by atoms with Gasteiger partial charge in [0.05, 0.1) is 17.4 Å². The molecule has 0 aliphatic carbocycles. The van der Waals surface area contributed by atoms with E-state index in [2.05, 4.69) is 22.2 Å². The molecule has 5 nitrogen and oxygen atoms in total. The van der Waals surface area contributed by atoms with E-state index in [1.807, 2.05) is 0 Å². The smallest absolute Gasteiger partial charge is 0.254 e. The molecule has 0 saturated carbocycles. The Labute approximate surface area is 111 Å². The van der Waals surface area contributed by atoms with E-state index in [1.165, 1.54) is 6.20 Å². The lowest BCUT2D eigenvalue weighted by Gasteiger charge is -2.29. The number of aromatic nitrogens is 1. The van der Waals surface area contributed by atoms with Gasteiger partial charge in [0, 0.05) is 6.04 Å². The van der Waals surface area contributed by atoms with Crippen LogP contribution < -0.4 is 11.1 Å². The Kier molecular flexibility index (Phi) is 4.04. The molecule has 2 rings (SSSR count). The second kappa shape index (κ2) is 5.54. The molecule has 1 saturated heterocycles. The minimum absolute atomic E-state index is 0.189. The van der Waals surface area contributed by atoms with Crippen molar-refractivity contribution < 1.29 is 4.79 Å². The van der Waals surface area contributed by atoms with Crippen LogP contribution in [-0.4, -0.2) is 42.0 Å². The van der Waals surface area contributed by atoms with Crippen molar-refractivity contribution in [2.45, 2.75) is 18.9 Å². The highest BCUT2D eigenvalue weighted by atomic mass is 35.5. The van der Waals surface area contributed by atoms with E-state index in [4.69, 9.17) is 17.3 Å². The van der Waals surface area contributed by atoms with Crippen LogP contribution in [-0.2, 0) is 0 Å². The number of rotatable bonds is 2. The van der Waals surface area contributed by atoms with Crippen LogP contribution in [0.5, 0.6) is 0 Å². The first kappa shape index (κ1) is 13.1. The summed E-state index contributed by atoms with van der Waals surface area (Å²) in [6.45, 7) is 1.99. The van der Waals surface area contributed by atoms with Gasteiger partial charge in [0.15, 0.2) is 0 Å². The van der Waals surface area contributed by atoms with Gasteiger partial charge in [-0.2, -0.15) is 0 Å². The van der Waals surface area contributed by atoms with E-state index in [0.717, 1.165) is 25.9 Å². The number of hydrogen-bond donors (Lipinski definition) is 2. The highest BCUT2D eigenvalue weighted by molar-refractivity contribution is 6.32. The van der Waals surface area contributed by atoms with E-state index in [0.29, 0.717) is 11.3 Å². The lowest BCUT2D eigenvalue weighted by molar-refractivity contribution is 0.0916. The van der Waals surface area contributed by atoms with Crippen molar-refractivity contribution in [3.05, 3.63) is 23.0 Å². The third-order valence-corrected chi connectivity index (χ3v) is 3.46. The predicted molar refractivity (Wildman–Crippen MR) is 71.6 cm³/mol. The van der Waals surface area contributed by atoms with Crippen LogP contribution in [0.15, 0.2) is 12.3 Å². The first-order valence-corrected chi connectivity index (χ1v) is 6.34. The Morgan fingerprint density at radius 2 is 2.22 bits per heavy atom. The number of pyridine rings is 1. The Bertz CT molecular complexity index is 444. The average Bonchev–Trinajstić information content (AvgIpc) is 2.35. The summed E-state index contributed by atoms with van der Waals surface area (Å²) in [5, 5.41) is 3.17. The molecule has 98 valence electrons. The third kappa shape index (κ3) is 3.11. The molecule has 0 bridgehead atoms. The molecule has 2 heterocycles. The number of amides is 1. The van der Waals surface area contributed by atoms with Gasteiger partial charge in [-0.25, -0.2) is 4.98 Å². The molecule has 0 radical (unpaired) electrons. The average molecular weight is 269 g/mol. The highest BCUT2D eigenvalue weighted by Gasteiger charge is 2.20. The summed E-state index contributed by atoms with van der Waals surface area (Å²) in [5.41, 5.74) is 6.39. The van der Waals surface area contributed by atoms with Crippen LogP contribution in [0, 0.1) is 0 Å². The number of nitrogens with zero attached hydrogens (tertiary/aromatic N) is 2. The summed E-state index contributed by atoms with van der Waals surface area (Å²) in [7, 11) is 2.08. The van der Waals surface area contributed by atoms with Crippen LogP contribution in [0.4, 0.5) is 5.69 Å². The molecule has 0 aromatic carbocycles. The number of hydrogen-bond acceptors (Lipinski definition) is 4. The van der Waals surface area contributed by atoms with Gasteiger partial charge >= 0.3 is 0 Å². The molecule has 1 aromatic heterocycles. The van der Waals surface area contributed by atoms with Crippen LogP contribution >= 0.6 is 11.6 Å². The predicted octanol–water partition coefficient (Wildman–Crippen LogP) is 1.14. The van der Waals surface area contributed by atoms with Gasteiger partial charge in [-0.3, -0.25) is 4.79 Å². The normalized spacial score (nSPS) is 17.7. The number of nitrogen functional groups attached to an aromatic ring is 1. The molecule has 3 N–H and O–H groups in total. The molecular weight excluding hydrogens is 252 g/mol. The molecule has 1 fully saturated rings. The van der Waals surface area contributed by atoms with Crippen molar-refractivity contribution in [3.8, 4) is 0 Å². The molecular formula is C12H17ClN4O. The number of halogens is 1. The van der Waals surface area contributed by atoms with Crippen LogP contribution in [0.2, 0.25) is 5.15 Å². The van der Waals surface area contributed by atoms with Crippen molar-refractivity contribution in [1.82, 2.24) is 15.2 Å². The summed E-state index contributed by atoms with van der Waals surface area (Å²) in [6.07, 6.45) is 3.35. The molecule has 6 heteroatoms. The quantitative estimate of drug-likeness (QED) is 0.789. The minimum atomic E-state index is -0.200. The van der Waals surface area contributed by atoms with E-state index >= 15 is 0 Å². The summed E-state index contributed by atoms with van der Waals surface area (Å²) in [4.78, 5) is 18.2. The molecule has 0 unspecified atom stereocenters. The maximum absolute atomic E-state index is 12.1. The zero-order valence-corrected chi connectivity index (χ0v) is 11.1. The number of likely N-dealkylation sites (tertiary alicyclic amines) is 1. The Balaban J connectivity index is 2.01. The summed E-state index contributed by atoms with van der Waals surface area (Å²) in [5.74, 6) is -0.200. The van der Waals surface area contributed by atoms with Gasteiger partial charge in [-0.1, -0.05) is 11.6 Å². The van der Waals surface area contributed by atoms with Gasteiger partial charge in [-0.05, 0) is 39.0 Å². The van der Waals surface area contributed by atoms with Crippen LogP contribution in [0.25, 0.3) is 0 Å². The van der Waals surface area contributed by atoms with E-state index in [1.54, 1.807) is 6.07 Å². The number of nitrogens with two attached hydrogens (primary N) is 1. The lowest BCUT2D eigenvalue weighted by atomic mass is 10.1. The molecule has 1 aromatic rings. The Hall–Kier alpha value is -1.33. The first-order valence-electron chi connectivity index (χ1n) is 5.96. The molecule has 1 aliphatic rings. The van der Waals surface area contributed by atoms with Crippen molar-refractivity contribution in [3.63, 3.8) is 0 Å². The number of anilines is 1. The van der Waals surface area contributed by atoms with Crippen molar-refractivity contribution in [1.29, 1.82) is 0 Å². The summed E-state index contributed by atoms with van der Waals surface area (Å²) < 4.78 is 0. The van der Waals surface area contributed by atoms with Gasteiger partial charge in [0.1, 0.15) is 5.15 Å². The maximum atomic E-state index is 12.1.